The molecule has 0 saturated heterocycles. The molecule has 9 heavy (non-hydrogen) atoms. The van der Waals surface area contributed by atoms with E-state index in [2.05, 4.69) is 11.3 Å². The topological polar surface area (TPSA) is 35.5 Å². The Morgan fingerprint density at radius 1 is 1.89 bits per heavy atom. The Kier molecular flexibility index (Phi) is 4.70. The van der Waals surface area contributed by atoms with E-state index in [0.717, 1.165) is 6.08 Å². The molecule has 0 heterocycles. The van der Waals surface area contributed by atoms with Gasteiger partial charge in [0, 0.05) is 0 Å². The van der Waals surface area contributed by atoms with Crippen molar-refractivity contribution in [2.45, 2.75) is 0 Å². The second-order valence-electron chi connectivity index (χ2n) is 1.18. The van der Waals surface area contributed by atoms with Crippen molar-refractivity contribution < 1.29 is 35.4 Å². The molecule has 0 unspecified atom stereocenters. The summed E-state index contributed by atoms with van der Waals surface area (Å²) in [5.74, 6) is -0.452. The number of hydrogen-bond donors (Lipinski definition) is 0. The average molecular weight is 244 g/mol. The third-order valence-corrected chi connectivity index (χ3v) is 1.01. The molecule has 0 N–H and O–H groups in total. The predicted molar refractivity (Wildman–Crippen MR) is 28.5 cm³/mol. The number of ether oxygens (including phenoxy) is 1. The number of rotatable bonds is 5. The van der Waals surface area contributed by atoms with Crippen molar-refractivity contribution in [2.24, 2.45) is 0 Å². The maximum atomic E-state index is 10.3. The molecular formula is C5H8IO3-. The SMILES string of the molecule is [2H][I-]OCCOC(=O)C=C. The number of carbonyl (C=O) groups is 1. The first-order valence-corrected chi connectivity index (χ1v) is 3.22. The zero-order chi connectivity index (χ0) is 7.82. The predicted octanol–water partition coefficient (Wildman–Crippen LogP) is -3.07. The van der Waals surface area contributed by atoms with E-state index in [1.165, 1.54) is 0 Å². The fourth-order valence-corrected chi connectivity index (χ4v) is 0.412. The van der Waals surface area contributed by atoms with E-state index >= 15 is 0 Å². The molecule has 0 aliphatic heterocycles. The van der Waals surface area contributed by atoms with Gasteiger partial charge in [-0.3, -0.25) is 0 Å². The molecule has 0 saturated carbocycles. The van der Waals surface area contributed by atoms with Gasteiger partial charge in [0.05, 0.1) is 0 Å². The molecule has 0 bridgehead atoms. The van der Waals surface area contributed by atoms with E-state index < -0.39 is 28.8 Å². The Bertz CT molecular complexity index is 117. The summed E-state index contributed by atoms with van der Waals surface area (Å²) in [5.41, 5.74) is 0. The van der Waals surface area contributed by atoms with Crippen LogP contribution >= 0.6 is 0 Å². The van der Waals surface area contributed by atoms with Crippen molar-refractivity contribution in [1.29, 1.82) is 0.594 Å². The van der Waals surface area contributed by atoms with E-state index in [1.54, 1.807) is 0 Å². The quantitative estimate of drug-likeness (QED) is 0.223. The molecule has 54 valence electrons. The van der Waals surface area contributed by atoms with Crippen LogP contribution in [0.25, 0.3) is 0 Å². The first-order valence-electron chi connectivity index (χ1n) is 2.71. The Morgan fingerprint density at radius 2 is 2.67 bits per heavy atom. The Labute approximate surface area is 68.2 Å². The Morgan fingerprint density at radius 3 is 3.22 bits per heavy atom. The van der Waals surface area contributed by atoms with Gasteiger partial charge in [0.25, 0.3) is 0 Å². The molecule has 0 aromatic carbocycles. The fraction of sp³-hybridized carbons (Fsp3) is 0.400. The minimum atomic E-state index is -0.897. The summed E-state index contributed by atoms with van der Waals surface area (Å²) in [5, 5.41) is 0. The summed E-state index contributed by atoms with van der Waals surface area (Å²) in [6, 6.07) is 0. The van der Waals surface area contributed by atoms with Crippen LogP contribution in [0.3, 0.4) is 0 Å². The monoisotopic (exact) mass is 244 g/mol. The zero-order valence-corrected chi connectivity index (χ0v) is 6.96. The van der Waals surface area contributed by atoms with Crippen LogP contribution in [0.1, 0.15) is 0 Å². The van der Waals surface area contributed by atoms with Crippen molar-refractivity contribution in [3.8, 4) is 0 Å². The zero-order valence-electron chi connectivity index (χ0n) is 5.80. The van der Waals surface area contributed by atoms with Gasteiger partial charge in [-0.15, -0.1) is 0 Å². The van der Waals surface area contributed by atoms with Gasteiger partial charge in [-0.1, -0.05) is 0 Å². The van der Waals surface area contributed by atoms with Crippen LogP contribution in [0.2, 0.25) is 0 Å². The normalized spacial score (nSPS) is 10.4. The maximum absolute atomic E-state index is 10.3. The van der Waals surface area contributed by atoms with Gasteiger partial charge in [-0.05, 0) is 0 Å². The summed E-state index contributed by atoms with van der Waals surface area (Å²) < 4.78 is 15.9. The summed E-state index contributed by atoms with van der Waals surface area (Å²) in [4.78, 5) is 10.3. The average Bonchev–Trinajstić information content (AvgIpc) is 1.98. The second kappa shape index (κ2) is 6.03. The molecule has 0 amide bonds. The summed E-state index contributed by atoms with van der Waals surface area (Å²) in [6.07, 6.45) is 1.09. The molecular weight excluding hydrogens is 235 g/mol. The van der Waals surface area contributed by atoms with Crippen molar-refractivity contribution in [3.63, 3.8) is 0 Å². The molecule has 4 heteroatoms. The molecule has 0 aliphatic rings. The van der Waals surface area contributed by atoms with Crippen molar-refractivity contribution in [1.82, 2.24) is 0 Å². The van der Waals surface area contributed by atoms with Crippen LogP contribution in [0.5, 0.6) is 0 Å². The van der Waals surface area contributed by atoms with E-state index in [4.69, 9.17) is 3.66 Å². The Hall–Kier alpha value is -0.100. The summed E-state index contributed by atoms with van der Waals surface area (Å²) in [6.45, 7) is 3.74. The van der Waals surface area contributed by atoms with Gasteiger partial charge in [0.2, 0.25) is 0 Å². The summed E-state index contributed by atoms with van der Waals surface area (Å²) in [7, 11) is 0. The third-order valence-electron chi connectivity index (χ3n) is 0.571. The molecule has 0 radical (unpaired) electrons. The molecule has 0 aliphatic carbocycles. The van der Waals surface area contributed by atoms with Gasteiger partial charge in [0.15, 0.2) is 0 Å². The molecule has 0 rings (SSSR count). The molecule has 0 aromatic heterocycles. The molecule has 0 spiro atoms. The van der Waals surface area contributed by atoms with Gasteiger partial charge >= 0.3 is 67.8 Å². The molecule has 0 aromatic rings. The number of esters is 1. The van der Waals surface area contributed by atoms with Gasteiger partial charge in [0.1, 0.15) is 0 Å². The van der Waals surface area contributed by atoms with Crippen LogP contribution in [0, 0.1) is 0 Å². The van der Waals surface area contributed by atoms with Crippen molar-refractivity contribution in [3.05, 3.63) is 12.7 Å². The van der Waals surface area contributed by atoms with Gasteiger partial charge < -0.3 is 0 Å². The first kappa shape index (κ1) is 7.01. The number of hydrogen-bond acceptors (Lipinski definition) is 3. The van der Waals surface area contributed by atoms with E-state index in [9.17, 15) is 4.79 Å². The van der Waals surface area contributed by atoms with Crippen molar-refractivity contribution in [2.75, 3.05) is 13.2 Å². The van der Waals surface area contributed by atoms with Crippen LogP contribution in [-0.2, 0) is 12.6 Å². The van der Waals surface area contributed by atoms with Crippen LogP contribution in [0.4, 0.5) is 0 Å². The van der Waals surface area contributed by atoms with E-state index in [0.29, 0.717) is 6.61 Å². The molecule has 3 nitrogen and oxygen atoms in total. The third kappa shape index (κ3) is 5.78. The van der Waals surface area contributed by atoms with Crippen LogP contribution < -0.4 is 22.8 Å². The van der Waals surface area contributed by atoms with Crippen molar-refractivity contribution >= 4 is 5.97 Å². The van der Waals surface area contributed by atoms with Gasteiger partial charge in [-0.2, -0.15) is 0 Å². The van der Waals surface area contributed by atoms with E-state index in [1.807, 2.05) is 0 Å². The minimum absolute atomic E-state index is 0.212. The standard InChI is InChI=1S/C5H8IO3/c1-2-5(7)8-3-4-9-6/h2,6H,1,3-4H2/q-1/i6D. The molecule has 0 fully saturated rings. The first-order chi connectivity index (χ1) is 4.81. The fourth-order valence-electron chi connectivity index (χ4n) is 0.233. The van der Waals surface area contributed by atoms with Crippen LogP contribution in [0.15, 0.2) is 12.7 Å². The molecule has 0 atom stereocenters. The van der Waals surface area contributed by atoms with E-state index in [-0.39, 0.29) is 6.61 Å². The van der Waals surface area contributed by atoms with Crippen LogP contribution in [-0.4, -0.2) is 19.8 Å². The number of carbonyl (C=O) groups excluding carboxylic acids is 1. The number of halogens is 1. The van der Waals surface area contributed by atoms with Gasteiger partial charge in [-0.25, -0.2) is 0 Å². The second-order valence-corrected chi connectivity index (χ2v) is 1.81. The summed E-state index contributed by atoms with van der Waals surface area (Å²) >= 11 is -0.897. The Balaban J connectivity index is 3.03.